The van der Waals surface area contributed by atoms with Gasteiger partial charge in [0.15, 0.2) is 6.10 Å². The number of aldehydes is 1. The third kappa shape index (κ3) is 35.3. The van der Waals surface area contributed by atoms with Gasteiger partial charge >= 0.3 is 24.0 Å². The van der Waals surface area contributed by atoms with Gasteiger partial charge in [-0.2, -0.15) is 0 Å². The molecule has 0 saturated heterocycles. The van der Waals surface area contributed by atoms with Crippen molar-refractivity contribution in [3.8, 4) is 0 Å². The summed E-state index contributed by atoms with van der Waals surface area (Å²) in [6, 6.07) is 11.5. The van der Waals surface area contributed by atoms with Crippen LogP contribution in [-0.2, 0) is 104 Å². The van der Waals surface area contributed by atoms with Gasteiger partial charge in [0.2, 0.25) is 29.5 Å². The van der Waals surface area contributed by atoms with Gasteiger partial charge < -0.3 is 79.7 Å². The molecule has 0 aromatic heterocycles. The number of rotatable bonds is 35. The summed E-state index contributed by atoms with van der Waals surface area (Å²) >= 11 is 0. The van der Waals surface area contributed by atoms with Crippen LogP contribution in [0.3, 0.4) is 0 Å². The minimum atomic E-state index is -1.34. The molecule has 0 fully saturated rings. The summed E-state index contributed by atoms with van der Waals surface area (Å²) in [7, 11) is 4.67. The molecule has 109 heavy (non-hydrogen) atoms. The van der Waals surface area contributed by atoms with Crippen LogP contribution < -0.4 is 31.9 Å². The number of carbonyl (C=O) groups is 13. The standard InChI is InChI=1S/C65H99N7O16.C15H22N2O4/c1-14-43(5)57-60(76)69-48(10)64(80)88-58(44(6)15-2)46(8)53(87-65(81)67-31-21-33-83-35-37-84-36-34-82-32-20-19-24-56(74)85-41-50-26-28-51(66-11)29-27-50)30-25-45(7)63(79)86-54(38-42(3)4)59(75)68-47(9)61(77)72(13)52(39-49-22-17-16-18-23-49)62(78)71(12)40-55(73)70-57;1-11(2)12(10-18)16-13(19)6-4-3-5-9-17-14(20)7-8-15(17)21/h15-18,22-23,25-29,42-43,46-48,52-54,57-58,66H,14,19-21,24,30-41H2,1-13H3,(H,67,81)(H,68,75)(H,69,76)(H,70,73);7-8,10-12H,3-6,9H2,1-2H3,(H,16,19)/b44-15+,45-25+;/t43?,46-,47-,48+,52+,53-,54+,57-,58+;12-/m01/s1. The predicted molar refractivity (Wildman–Crippen MR) is 409 cm³/mol. The lowest BCUT2D eigenvalue weighted by molar-refractivity contribution is -0.155. The highest BCUT2D eigenvalue weighted by molar-refractivity contribution is 6.12. The SMILES string of the molecule is C/C=C(\C)[C@H]1OC(=O)[C@@H](C)NC(=O)[C@H](C(C)CC)NC(=O)CN(C)C(=O)[C@@H](Cc2ccccc2)N(C)C(=O)[C@H](C)NC(=O)[C@@H](CC(C)C)OC(=O)/C(C)=C/C[C@H](OC(=O)NCCCOCCOCCOCCCCC(=O)OCc2ccc(NC)cc2)[C@@H]1C.CC(C)[C@@H](C=O)NC(=O)CCCCCN1C(=O)C=CC1=O. The average Bonchev–Trinajstić information content (AvgIpc) is 1.44. The molecule has 2 aliphatic rings. The maximum Gasteiger partial charge on any atom is 0.407 e. The monoisotopic (exact) mass is 1530 g/mol. The highest BCUT2D eigenvalue weighted by atomic mass is 16.6. The number of alkyl carbamates (subject to hydrolysis) is 1. The third-order valence-corrected chi connectivity index (χ3v) is 18.5. The van der Waals surface area contributed by atoms with Crippen molar-refractivity contribution < 1.29 is 95.5 Å². The zero-order chi connectivity index (χ0) is 81.1. The molecule has 1 unspecified atom stereocenters. The van der Waals surface area contributed by atoms with Crippen molar-refractivity contribution in [3.63, 3.8) is 0 Å². The van der Waals surface area contributed by atoms with Gasteiger partial charge in [-0.25, -0.2) is 14.4 Å². The van der Waals surface area contributed by atoms with Crippen LogP contribution in [-0.4, -0.2) is 221 Å². The Bertz CT molecular complexity index is 3330. The Labute approximate surface area is 643 Å². The Morgan fingerprint density at radius 1 is 0.716 bits per heavy atom. The molecule has 2 aromatic rings. The number of hydrogen-bond acceptors (Lipinski definition) is 21. The van der Waals surface area contributed by atoms with Crippen LogP contribution in [0.4, 0.5) is 10.5 Å². The summed E-state index contributed by atoms with van der Waals surface area (Å²) in [6.07, 6.45) is 7.32. The zero-order valence-electron chi connectivity index (χ0n) is 66.6. The van der Waals surface area contributed by atoms with Crippen LogP contribution in [0.5, 0.6) is 0 Å². The Hall–Kier alpha value is -9.35. The summed E-state index contributed by atoms with van der Waals surface area (Å²) in [5, 5.41) is 16.6. The first-order valence-corrected chi connectivity index (χ1v) is 37.9. The molecule has 606 valence electrons. The lowest BCUT2D eigenvalue weighted by Gasteiger charge is -2.33. The topological polar surface area (TPSA) is 368 Å². The number of anilines is 1. The van der Waals surface area contributed by atoms with Crippen molar-refractivity contribution >= 4 is 83.2 Å². The van der Waals surface area contributed by atoms with Crippen LogP contribution in [0, 0.1) is 23.7 Å². The second kappa shape index (κ2) is 51.1. The molecule has 29 nitrogen and oxygen atoms in total. The van der Waals surface area contributed by atoms with Crippen LogP contribution in [0.25, 0.3) is 0 Å². The van der Waals surface area contributed by atoms with Gasteiger partial charge in [-0.15, -0.1) is 0 Å². The first kappa shape index (κ1) is 93.9. The van der Waals surface area contributed by atoms with Gasteiger partial charge in [-0.1, -0.05) is 116 Å². The largest absolute Gasteiger partial charge is 0.461 e. The van der Waals surface area contributed by atoms with Crippen LogP contribution >= 0.6 is 0 Å². The normalized spacial score (nSPS) is 21.6. The molecule has 0 radical (unpaired) electrons. The number of imide groups is 1. The quantitative estimate of drug-likeness (QED) is 0.00993. The summed E-state index contributed by atoms with van der Waals surface area (Å²) in [4.78, 5) is 172. The molecule has 6 N–H and O–H groups in total. The minimum Gasteiger partial charge on any atom is -0.461 e. The van der Waals surface area contributed by atoms with Crippen molar-refractivity contribution in [2.45, 2.75) is 215 Å². The van der Waals surface area contributed by atoms with E-state index in [2.05, 4.69) is 31.9 Å². The fourth-order valence-corrected chi connectivity index (χ4v) is 11.3. The van der Waals surface area contributed by atoms with E-state index in [1.165, 1.54) is 62.9 Å². The lowest BCUT2D eigenvalue weighted by atomic mass is 9.90. The Morgan fingerprint density at radius 3 is 1.93 bits per heavy atom. The number of hydrogen-bond donors (Lipinski definition) is 6. The van der Waals surface area contributed by atoms with E-state index in [-0.39, 0.29) is 73.5 Å². The van der Waals surface area contributed by atoms with Crippen LogP contribution in [0.1, 0.15) is 165 Å². The molecule has 0 saturated carbocycles. The zero-order valence-corrected chi connectivity index (χ0v) is 66.6. The summed E-state index contributed by atoms with van der Waals surface area (Å²) in [5.41, 5.74) is 3.27. The summed E-state index contributed by atoms with van der Waals surface area (Å²) in [5.74, 6) is -7.23. The average molecular weight is 1530 g/mol. The second-order valence-electron chi connectivity index (χ2n) is 28.2. The Balaban J connectivity index is 0.00000126. The molecule has 4 rings (SSSR count). The maximum atomic E-state index is 14.3. The molecule has 2 heterocycles. The number of nitrogens with zero attached hydrogens (tertiary/aromatic N) is 3. The van der Waals surface area contributed by atoms with Gasteiger partial charge in [-0.3, -0.25) is 48.1 Å². The van der Waals surface area contributed by atoms with E-state index in [1.54, 1.807) is 64.1 Å². The highest BCUT2D eigenvalue weighted by Crippen LogP contribution is 2.27. The third-order valence-electron chi connectivity index (χ3n) is 18.5. The number of benzene rings is 2. The van der Waals surface area contributed by atoms with E-state index in [0.717, 1.165) is 28.9 Å². The minimum absolute atomic E-state index is 0.0523. The molecule has 2 aliphatic heterocycles. The number of unbranched alkanes of at least 4 members (excludes halogenated alkanes) is 3. The Kier molecular flexibility index (Phi) is 44.0. The smallest absolute Gasteiger partial charge is 0.407 e. The molecule has 10 atom stereocenters. The van der Waals surface area contributed by atoms with Crippen LogP contribution in [0.15, 0.2) is 90.0 Å². The van der Waals surface area contributed by atoms with Crippen molar-refractivity contribution in [3.05, 3.63) is 101 Å². The van der Waals surface area contributed by atoms with E-state index in [9.17, 15) is 62.3 Å². The maximum absolute atomic E-state index is 14.3. The van der Waals surface area contributed by atoms with Crippen LogP contribution in [0.2, 0.25) is 0 Å². The van der Waals surface area contributed by atoms with Crippen molar-refractivity contribution in [1.82, 2.24) is 41.3 Å². The molecule has 0 aliphatic carbocycles. The van der Waals surface area contributed by atoms with Gasteiger partial charge in [-0.05, 0) is 120 Å². The molecular weight excluding hydrogens is 1410 g/mol. The lowest BCUT2D eigenvalue weighted by Crippen LogP contribution is -2.57. The molecular formula is C80H121N9O20. The van der Waals surface area contributed by atoms with E-state index in [0.29, 0.717) is 109 Å². The molecule has 0 spiro atoms. The van der Waals surface area contributed by atoms with E-state index in [4.69, 9.17) is 33.2 Å². The predicted octanol–water partition coefficient (Wildman–Crippen LogP) is 7.18. The van der Waals surface area contributed by atoms with E-state index in [1.807, 2.05) is 65.9 Å². The number of carbonyl (C=O) groups excluding carboxylic acids is 13. The van der Waals surface area contributed by atoms with Gasteiger partial charge in [0.1, 0.15) is 49.3 Å². The molecule has 29 heteroatoms. The molecule has 9 amide bonds. The number of allylic oxidation sites excluding steroid dienone is 1. The highest BCUT2D eigenvalue weighted by Gasteiger charge is 2.38. The van der Waals surface area contributed by atoms with Gasteiger partial charge in [0.05, 0.1) is 39.0 Å². The van der Waals surface area contributed by atoms with E-state index < -0.39 is 114 Å². The number of likely N-dealkylation sites (N-methyl/N-ethyl adjacent to an activating group) is 2. The second-order valence-corrected chi connectivity index (χ2v) is 28.2. The van der Waals surface area contributed by atoms with Gasteiger partial charge in [0.25, 0.3) is 17.7 Å². The van der Waals surface area contributed by atoms with Crippen molar-refractivity contribution in [2.24, 2.45) is 23.7 Å². The molecule has 2 aromatic carbocycles. The fraction of sp³-hybridized carbons (Fsp3) is 0.613. The number of esters is 3. The summed E-state index contributed by atoms with van der Waals surface area (Å²) < 4.78 is 40.3. The van der Waals surface area contributed by atoms with Crippen molar-refractivity contribution in [1.29, 1.82) is 0 Å². The fourth-order valence-electron chi connectivity index (χ4n) is 11.3. The number of nitrogens with one attached hydrogen (secondary N) is 6. The van der Waals surface area contributed by atoms with Crippen molar-refractivity contribution in [2.75, 3.05) is 85.7 Å². The number of amides is 9. The number of cyclic esters (lactones) is 2. The van der Waals surface area contributed by atoms with E-state index >= 15 is 0 Å². The first-order chi connectivity index (χ1) is 51.8. The van der Waals surface area contributed by atoms with Gasteiger partial charge in [0, 0.05) is 102 Å². The Morgan fingerprint density at radius 2 is 1.33 bits per heavy atom. The molecule has 0 bridgehead atoms. The summed E-state index contributed by atoms with van der Waals surface area (Å²) in [6.45, 7) is 23.0. The first-order valence-electron chi connectivity index (χ1n) is 37.9. The number of ether oxygens (including phenoxy) is 7.